The van der Waals surface area contributed by atoms with Gasteiger partial charge in [-0.25, -0.2) is 0 Å². The van der Waals surface area contributed by atoms with Crippen molar-refractivity contribution in [1.29, 1.82) is 0 Å². The molecule has 0 amide bonds. The molecule has 1 atom stereocenters. The van der Waals surface area contributed by atoms with Crippen LogP contribution in [-0.4, -0.2) is 30.6 Å². The Balaban J connectivity index is 1.61. The first-order valence-corrected chi connectivity index (χ1v) is 6.32. The summed E-state index contributed by atoms with van der Waals surface area (Å²) < 4.78 is 0. The smallest absolute Gasteiger partial charge is 0.0180 e. The Morgan fingerprint density at radius 1 is 1.07 bits per heavy atom. The van der Waals surface area contributed by atoms with Gasteiger partial charge in [-0.2, -0.15) is 0 Å². The molecule has 1 saturated carbocycles. The molecule has 0 radical (unpaired) electrons. The second kappa shape index (κ2) is 5.13. The molecule has 2 heteroatoms. The minimum atomic E-state index is 0.460. The topological polar surface area (TPSA) is 29.3 Å². The summed E-state index contributed by atoms with van der Waals surface area (Å²) in [4.78, 5) is 2.55. The molecule has 1 saturated heterocycles. The highest BCUT2D eigenvalue weighted by Crippen LogP contribution is 2.26. The Morgan fingerprint density at radius 2 is 1.86 bits per heavy atom. The molecular weight excluding hydrogens is 172 g/mol. The van der Waals surface area contributed by atoms with Crippen molar-refractivity contribution >= 4 is 0 Å². The van der Waals surface area contributed by atoms with Crippen molar-refractivity contribution in [3.8, 4) is 0 Å². The lowest BCUT2D eigenvalue weighted by atomic mass is 9.87. The van der Waals surface area contributed by atoms with Crippen molar-refractivity contribution < 1.29 is 0 Å². The van der Waals surface area contributed by atoms with Crippen LogP contribution in [0.5, 0.6) is 0 Å². The summed E-state index contributed by atoms with van der Waals surface area (Å²) in [5.74, 6) is 1.03. The number of hydrogen-bond acceptors (Lipinski definition) is 2. The molecule has 82 valence electrons. The van der Waals surface area contributed by atoms with Gasteiger partial charge in [-0.1, -0.05) is 32.1 Å². The van der Waals surface area contributed by atoms with Gasteiger partial charge in [0.15, 0.2) is 0 Å². The fraction of sp³-hybridized carbons (Fsp3) is 1.00. The van der Waals surface area contributed by atoms with Crippen molar-refractivity contribution in [2.45, 2.75) is 51.0 Å². The van der Waals surface area contributed by atoms with Crippen LogP contribution in [0.2, 0.25) is 0 Å². The van der Waals surface area contributed by atoms with Crippen molar-refractivity contribution in [1.82, 2.24) is 4.90 Å². The molecule has 0 aromatic heterocycles. The van der Waals surface area contributed by atoms with E-state index in [9.17, 15) is 0 Å². The maximum atomic E-state index is 5.89. The molecule has 2 N–H and O–H groups in total. The Bertz CT molecular complexity index is 159. The molecular formula is C12H24N2. The van der Waals surface area contributed by atoms with E-state index < -0.39 is 0 Å². The summed E-state index contributed by atoms with van der Waals surface area (Å²) in [6.45, 7) is 3.69. The van der Waals surface area contributed by atoms with Crippen molar-refractivity contribution in [3.63, 3.8) is 0 Å². The van der Waals surface area contributed by atoms with E-state index in [0.29, 0.717) is 6.04 Å². The van der Waals surface area contributed by atoms with Crippen molar-refractivity contribution in [3.05, 3.63) is 0 Å². The Morgan fingerprint density at radius 3 is 2.50 bits per heavy atom. The molecule has 0 aromatic carbocycles. The highest BCUT2D eigenvalue weighted by molar-refractivity contribution is 4.78. The standard InChI is InChI=1S/C12H24N2/c13-12-7-9-14(10-12)8-6-11-4-2-1-3-5-11/h11-12H,1-10,13H2/t12-/m1/s1. The summed E-state index contributed by atoms with van der Waals surface area (Å²) in [5, 5.41) is 0. The Kier molecular flexibility index (Phi) is 3.82. The molecule has 2 fully saturated rings. The third-order valence-electron chi connectivity index (χ3n) is 3.89. The minimum Gasteiger partial charge on any atom is -0.326 e. The van der Waals surface area contributed by atoms with Gasteiger partial charge >= 0.3 is 0 Å². The number of rotatable bonds is 3. The molecule has 1 aliphatic heterocycles. The zero-order valence-electron chi connectivity index (χ0n) is 9.25. The first kappa shape index (κ1) is 10.4. The van der Waals surface area contributed by atoms with Crippen molar-refractivity contribution in [2.75, 3.05) is 19.6 Å². The van der Waals surface area contributed by atoms with Crippen LogP contribution in [-0.2, 0) is 0 Å². The summed E-state index contributed by atoms with van der Waals surface area (Å²) in [6.07, 6.45) is 10.0. The van der Waals surface area contributed by atoms with E-state index in [1.807, 2.05) is 0 Å². The van der Waals surface area contributed by atoms with Crippen LogP contribution in [0.4, 0.5) is 0 Å². The second-order valence-electron chi connectivity index (χ2n) is 5.14. The highest BCUT2D eigenvalue weighted by Gasteiger charge is 2.20. The predicted molar refractivity (Wildman–Crippen MR) is 60.2 cm³/mol. The summed E-state index contributed by atoms with van der Waals surface area (Å²) in [5.41, 5.74) is 5.89. The second-order valence-corrected chi connectivity index (χ2v) is 5.14. The van der Waals surface area contributed by atoms with Gasteiger partial charge in [0, 0.05) is 12.6 Å². The van der Waals surface area contributed by atoms with E-state index in [1.165, 1.54) is 58.0 Å². The van der Waals surface area contributed by atoms with E-state index in [-0.39, 0.29) is 0 Å². The number of likely N-dealkylation sites (tertiary alicyclic amines) is 1. The molecule has 0 bridgehead atoms. The molecule has 1 heterocycles. The predicted octanol–water partition coefficient (Wildman–Crippen LogP) is 1.99. The first-order valence-electron chi connectivity index (χ1n) is 6.32. The SMILES string of the molecule is N[C@@H]1CCN(CCC2CCCCC2)C1. The van der Waals surface area contributed by atoms with Crippen molar-refractivity contribution in [2.24, 2.45) is 11.7 Å². The normalized spacial score (nSPS) is 31.1. The van der Waals surface area contributed by atoms with Gasteiger partial charge in [0.2, 0.25) is 0 Å². The Labute approximate surface area is 87.8 Å². The van der Waals surface area contributed by atoms with Gasteiger partial charge in [-0.05, 0) is 31.8 Å². The van der Waals surface area contributed by atoms with Gasteiger partial charge in [-0.3, -0.25) is 0 Å². The van der Waals surface area contributed by atoms with Gasteiger partial charge in [-0.15, -0.1) is 0 Å². The lowest BCUT2D eigenvalue weighted by Crippen LogP contribution is -2.28. The highest BCUT2D eigenvalue weighted by atomic mass is 15.2. The molecule has 2 nitrogen and oxygen atoms in total. The van der Waals surface area contributed by atoms with Gasteiger partial charge in [0.1, 0.15) is 0 Å². The maximum Gasteiger partial charge on any atom is 0.0180 e. The lowest BCUT2D eigenvalue weighted by Gasteiger charge is -2.24. The van der Waals surface area contributed by atoms with Crippen LogP contribution < -0.4 is 5.73 Å². The van der Waals surface area contributed by atoms with Gasteiger partial charge in [0.05, 0.1) is 0 Å². The summed E-state index contributed by atoms with van der Waals surface area (Å²) >= 11 is 0. The first-order chi connectivity index (χ1) is 6.84. The molecule has 0 spiro atoms. The maximum absolute atomic E-state index is 5.89. The minimum absolute atomic E-state index is 0.460. The zero-order valence-corrected chi connectivity index (χ0v) is 9.25. The number of hydrogen-bond donors (Lipinski definition) is 1. The molecule has 1 aliphatic carbocycles. The average molecular weight is 196 g/mol. The van der Waals surface area contributed by atoms with Gasteiger partial charge < -0.3 is 10.6 Å². The summed E-state index contributed by atoms with van der Waals surface area (Å²) in [6, 6.07) is 0.460. The van der Waals surface area contributed by atoms with E-state index in [2.05, 4.69) is 4.90 Å². The van der Waals surface area contributed by atoms with E-state index in [1.54, 1.807) is 0 Å². The van der Waals surface area contributed by atoms with Crippen LogP contribution in [0.25, 0.3) is 0 Å². The van der Waals surface area contributed by atoms with E-state index in [0.717, 1.165) is 12.5 Å². The molecule has 2 rings (SSSR count). The fourth-order valence-electron chi connectivity index (χ4n) is 2.91. The molecule has 2 aliphatic rings. The monoisotopic (exact) mass is 196 g/mol. The largest absolute Gasteiger partial charge is 0.326 e. The average Bonchev–Trinajstić information content (AvgIpc) is 2.63. The third-order valence-corrected chi connectivity index (χ3v) is 3.89. The van der Waals surface area contributed by atoms with Gasteiger partial charge in [0.25, 0.3) is 0 Å². The molecule has 14 heavy (non-hydrogen) atoms. The van der Waals surface area contributed by atoms with Crippen LogP contribution in [0.1, 0.15) is 44.9 Å². The quantitative estimate of drug-likeness (QED) is 0.748. The zero-order chi connectivity index (χ0) is 9.80. The number of nitrogens with two attached hydrogens (primary N) is 1. The van der Waals surface area contributed by atoms with Crippen LogP contribution in [0, 0.1) is 5.92 Å². The third kappa shape index (κ3) is 2.96. The summed E-state index contributed by atoms with van der Waals surface area (Å²) in [7, 11) is 0. The molecule has 0 unspecified atom stereocenters. The van der Waals surface area contributed by atoms with E-state index in [4.69, 9.17) is 5.73 Å². The lowest BCUT2D eigenvalue weighted by molar-refractivity contribution is 0.264. The van der Waals surface area contributed by atoms with Crippen LogP contribution in [0.3, 0.4) is 0 Å². The fourth-order valence-corrected chi connectivity index (χ4v) is 2.91. The van der Waals surface area contributed by atoms with Crippen LogP contribution in [0.15, 0.2) is 0 Å². The Hall–Kier alpha value is -0.0800. The molecule has 0 aromatic rings. The van der Waals surface area contributed by atoms with E-state index >= 15 is 0 Å². The van der Waals surface area contributed by atoms with Crippen LogP contribution >= 0.6 is 0 Å². The number of nitrogens with zero attached hydrogens (tertiary/aromatic N) is 1.